The van der Waals surface area contributed by atoms with E-state index in [0.717, 1.165) is 36.7 Å². The topological polar surface area (TPSA) is 60.5 Å². The minimum Gasteiger partial charge on any atom is -0.493 e. The molecule has 7 nitrogen and oxygen atoms in total. The van der Waals surface area contributed by atoms with Crippen molar-refractivity contribution in [3.05, 3.63) is 23.8 Å². The van der Waals surface area contributed by atoms with Gasteiger partial charge in [-0.05, 0) is 17.7 Å². The lowest BCUT2D eigenvalue weighted by molar-refractivity contribution is -0.143. The lowest BCUT2D eigenvalue weighted by Crippen LogP contribution is -2.58. The third kappa shape index (κ3) is 4.05. The number of nitrogens with zero attached hydrogens (tertiary/aromatic N) is 2. The Hall–Kier alpha value is -1.83. The molecule has 138 valence electrons. The highest BCUT2D eigenvalue weighted by Crippen LogP contribution is 2.29. The number of benzene rings is 1. The summed E-state index contributed by atoms with van der Waals surface area (Å²) in [6.45, 7) is 4.07. The van der Waals surface area contributed by atoms with Crippen molar-refractivity contribution in [1.82, 2.24) is 9.80 Å². The van der Waals surface area contributed by atoms with Crippen molar-refractivity contribution < 1.29 is 23.7 Å². The van der Waals surface area contributed by atoms with Gasteiger partial charge in [0.05, 0.1) is 34.0 Å². The summed E-state index contributed by atoms with van der Waals surface area (Å²) >= 11 is 0. The number of carbonyl (C=O) groups excluding carboxylic acids is 1. The first-order valence-corrected chi connectivity index (χ1v) is 8.44. The minimum absolute atomic E-state index is 0.00232. The number of likely N-dealkylation sites (N-methyl/N-ethyl adjacent to an activating group) is 1. The maximum atomic E-state index is 11.8. The third-order valence-corrected chi connectivity index (χ3v) is 4.72. The molecule has 2 aliphatic heterocycles. The fourth-order valence-electron chi connectivity index (χ4n) is 3.48. The smallest absolute Gasteiger partial charge is 0.248 e. The number of morpholine rings is 1. The van der Waals surface area contributed by atoms with Gasteiger partial charge in [-0.2, -0.15) is 0 Å². The van der Waals surface area contributed by atoms with Crippen LogP contribution < -0.4 is 9.47 Å². The lowest BCUT2D eigenvalue weighted by atomic mass is 10.0. The van der Waals surface area contributed by atoms with Crippen LogP contribution in [0.25, 0.3) is 0 Å². The van der Waals surface area contributed by atoms with Gasteiger partial charge in [-0.1, -0.05) is 6.07 Å². The molecule has 2 heterocycles. The second-order valence-corrected chi connectivity index (χ2v) is 6.67. The van der Waals surface area contributed by atoms with E-state index in [2.05, 4.69) is 4.90 Å². The van der Waals surface area contributed by atoms with E-state index in [-0.39, 0.29) is 12.5 Å². The van der Waals surface area contributed by atoms with E-state index in [0.29, 0.717) is 19.8 Å². The molecule has 0 saturated carbocycles. The van der Waals surface area contributed by atoms with Crippen LogP contribution in [0.3, 0.4) is 0 Å². The Balaban J connectivity index is 1.70. The molecule has 0 N–H and O–H groups in total. The highest BCUT2D eigenvalue weighted by atomic mass is 16.5. The summed E-state index contributed by atoms with van der Waals surface area (Å²) in [4.78, 5) is 15.9. The van der Waals surface area contributed by atoms with Crippen molar-refractivity contribution >= 4 is 5.91 Å². The fraction of sp³-hybridized carbons (Fsp3) is 0.611. The van der Waals surface area contributed by atoms with E-state index in [1.807, 2.05) is 18.2 Å². The molecule has 1 aromatic rings. The van der Waals surface area contributed by atoms with Gasteiger partial charge in [-0.25, -0.2) is 0 Å². The molecule has 2 aliphatic rings. The summed E-state index contributed by atoms with van der Waals surface area (Å²) in [7, 11) is 5.07. The van der Waals surface area contributed by atoms with Crippen LogP contribution >= 0.6 is 0 Å². The van der Waals surface area contributed by atoms with Crippen molar-refractivity contribution in [3.63, 3.8) is 0 Å². The van der Waals surface area contributed by atoms with Crippen molar-refractivity contribution in [2.75, 3.05) is 60.7 Å². The Morgan fingerprint density at radius 3 is 2.76 bits per heavy atom. The van der Waals surface area contributed by atoms with Crippen molar-refractivity contribution in [3.8, 4) is 11.5 Å². The SMILES string of the molecule is COc1ccc(CN2CCOC3(COCC(=O)N(C)C3)C2)cc1OC. The standard InChI is InChI=1S/C18H26N2O5/c1-19-11-18(13-24-10-17(19)21)12-20(6-7-25-18)9-14-4-5-15(22-2)16(8-14)23-3/h4-5,8H,6-7,9-13H2,1-3H3. The number of methoxy groups -OCH3 is 2. The first kappa shape index (κ1) is 18.0. The number of hydrogen-bond donors (Lipinski definition) is 0. The van der Waals surface area contributed by atoms with Gasteiger partial charge in [0, 0.05) is 26.7 Å². The van der Waals surface area contributed by atoms with Crippen LogP contribution in [0.1, 0.15) is 5.56 Å². The maximum absolute atomic E-state index is 11.8. The van der Waals surface area contributed by atoms with Crippen LogP contribution in [-0.4, -0.2) is 82.0 Å². The van der Waals surface area contributed by atoms with Crippen LogP contribution in [0.5, 0.6) is 11.5 Å². The van der Waals surface area contributed by atoms with Crippen LogP contribution in [0.15, 0.2) is 18.2 Å². The van der Waals surface area contributed by atoms with Gasteiger partial charge in [0.2, 0.25) is 5.91 Å². The van der Waals surface area contributed by atoms with E-state index >= 15 is 0 Å². The van der Waals surface area contributed by atoms with Gasteiger partial charge >= 0.3 is 0 Å². The molecule has 25 heavy (non-hydrogen) atoms. The number of rotatable bonds is 4. The fourth-order valence-corrected chi connectivity index (χ4v) is 3.48. The summed E-state index contributed by atoms with van der Waals surface area (Å²) in [6.07, 6.45) is 0. The maximum Gasteiger partial charge on any atom is 0.248 e. The minimum atomic E-state index is -0.463. The average Bonchev–Trinajstić information content (AvgIpc) is 2.73. The molecule has 1 spiro atoms. The van der Waals surface area contributed by atoms with Crippen LogP contribution in [-0.2, 0) is 20.8 Å². The average molecular weight is 350 g/mol. The first-order valence-electron chi connectivity index (χ1n) is 8.44. The Morgan fingerprint density at radius 1 is 1.20 bits per heavy atom. The van der Waals surface area contributed by atoms with Gasteiger partial charge < -0.3 is 23.8 Å². The Bertz CT molecular complexity index is 623. The van der Waals surface area contributed by atoms with Gasteiger partial charge in [0.15, 0.2) is 11.5 Å². The van der Waals surface area contributed by atoms with Crippen molar-refractivity contribution in [1.29, 1.82) is 0 Å². The largest absolute Gasteiger partial charge is 0.493 e. The molecule has 2 saturated heterocycles. The lowest BCUT2D eigenvalue weighted by Gasteiger charge is -2.42. The highest BCUT2D eigenvalue weighted by Gasteiger charge is 2.41. The quantitative estimate of drug-likeness (QED) is 0.799. The third-order valence-electron chi connectivity index (χ3n) is 4.72. The van der Waals surface area contributed by atoms with Crippen molar-refractivity contribution in [2.24, 2.45) is 0 Å². The molecular formula is C18H26N2O5. The molecule has 1 amide bonds. The summed E-state index contributed by atoms with van der Waals surface area (Å²) in [5, 5.41) is 0. The molecule has 1 unspecified atom stereocenters. The molecule has 0 radical (unpaired) electrons. The first-order chi connectivity index (χ1) is 12.0. The molecule has 2 fully saturated rings. The van der Waals surface area contributed by atoms with Crippen LogP contribution in [0, 0.1) is 0 Å². The zero-order chi connectivity index (χ0) is 17.9. The zero-order valence-electron chi connectivity index (χ0n) is 15.1. The van der Waals surface area contributed by atoms with E-state index in [1.165, 1.54) is 0 Å². The predicted octanol–water partition coefficient (Wildman–Crippen LogP) is 0.763. The number of amides is 1. The molecule has 1 atom stereocenters. The van der Waals surface area contributed by atoms with Gasteiger partial charge in [-0.3, -0.25) is 9.69 Å². The Labute approximate surface area is 148 Å². The number of ether oxygens (including phenoxy) is 4. The number of carbonyl (C=O) groups is 1. The predicted molar refractivity (Wildman–Crippen MR) is 92.0 cm³/mol. The molecule has 0 bridgehead atoms. The zero-order valence-corrected chi connectivity index (χ0v) is 15.1. The second kappa shape index (κ2) is 7.59. The Morgan fingerprint density at radius 2 is 2.00 bits per heavy atom. The Kier molecular flexibility index (Phi) is 5.46. The van der Waals surface area contributed by atoms with E-state index in [1.54, 1.807) is 26.2 Å². The van der Waals surface area contributed by atoms with Gasteiger partial charge in [-0.15, -0.1) is 0 Å². The summed E-state index contributed by atoms with van der Waals surface area (Å²) in [5.41, 5.74) is 0.684. The molecule has 0 aliphatic carbocycles. The van der Waals surface area contributed by atoms with E-state index in [9.17, 15) is 4.79 Å². The van der Waals surface area contributed by atoms with Crippen LogP contribution in [0.4, 0.5) is 0 Å². The molecular weight excluding hydrogens is 324 g/mol. The van der Waals surface area contributed by atoms with Gasteiger partial charge in [0.1, 0.15) is 12.2 Å². The summed E-state index contributed by atoms with van der Waals surface area (Å²) in [5.74, 6) is 1.45. The molecule has 1 aromatic carbocycles. The monoisotopic (exact) mass is 350 g/mol. The normalized spacial score (nSPS) is 25.1. The second-order valence-electron chi connectivity index (χ2n) is 6.67. The van der Waals surface area contributed by atoms with E-state index in [4.69, 9.17) is 18.9 Å². The van der Waals surface area contributed by atoms with Gasteiger partial charge in [0.25, 0.3) is 0 Å². The summed E-state index contributed by atoms with van der Waals surface area (Å²) in [6, 6.07) is 5.97. The molecule has 7 heteroatoms. The summed E-state index contributed by atoms with van der Waals surface area (Å²) < 4.78 is 22.3. The van der Waals surface area contributed by atoms with E-state index < -0.39 is 5.60 Å². The molecule has 0 aromatic heterocycles. The molecule has 3 rings (SSSR count). The van der Waals surface area contributed by atoms with Crippen LogP contribution in [0.2, 0.25) is 0 Å². The van der Waals surface area contributed by atoms with Crippen molar-refractivity contribution in [2.45, 2.75) is 12.1 Å². The highest BCUT2D eigenvalue weighted by molar-refractivity contribution is 5.77. The number of hydrogen-bond acceptors (Lipinski definition) is 6.